The summed E-state index contributed by atoms with van der Waals surface area (Å²) < 4.78 is 7.38. The molecule has 0 saturated carbocycles. The van der Waals surface area contributed by atoms with Crippen LogP contribution >= 0.6 is 0 Å². The summed E-state index contributed by atoms with van der Waals surface area (Å²) >= 11 is 0. The number of nitrogens with zero attached hydrogens (tertiary/aromatic N) is 2. The summed E-state index contributed by atoms with van der Waals surface area (Å²) in [5.41, 5.74) is 0.804. The third kappa shape index (κ3) is 4.41. The number of urea groups is 1. The molecule has 5 heteroatoms. The molecular weight excluding hydrogens is 266 g/mol. The van der Waals surface area contributed by atoms with Gasteiger partial charge in [-0.25, -0.2) is 4.79 Å². The maximum Gasteiger partial charge on any atom is 0.318 e. The van der Waals surface area contributed by atoms with E-state index in [-0.39, 0.29) is 11.6 Å². The van der Waals surface area contributed by atoms with Crippen LogP contribution in [-0.4, -0.2) is 21.0 Å². The fraction of sp³-hybridized carbons (Fsp3) is 0.438. The molecule has 0 fully saturated rings. The average molecular weight is 289 g/mol. The second kappa shape index (κ2) is 6.08. The van der Waals surface area contributed by atoms with Crippen LogP contribution < -0.4 is 5.32 Å². The number of aromatic nitrogens is 1. The molecular formula is C16H23N3O2. The average Bonchev–Trinajstić information content (AvgIpc) is 2.99. The molecule has 2 rings (SSSR count). The number of carbonyl (C=O) groups is 1. The summed E-state index contributed by atoms with van der Waals surface area (Å²) in [7, 11) is 1.97. The van der Waals surface area contributed by atoms with Gasteiger partial charge in [0.15, 0.2) is 0 Å². The minimum atomic E-state index is -0.271. The molecule has 0 atom stereocenters. The van der Waals surface area contributed by atoms with Gasteiger partial charge in [-0.15, -0.1) is 0 Å². The highest BCUT2D eigenvalue weighted by atomic mass is 16.3. The van der Waals surface area contributed by atoms with E-state index >= 15 is 0 Å². The van der Waals surface area contributed by atoms with Crippen molar-refractivity contribution in [2.75, 3.05) is 0 Å². The summed E-state index contributed by atoms with van der Waals surface area (Å²) in [6.45, 7) is 6.89. The smallest absolute Gasteiger partial charge is 0.318 e. The lowest BCUT2D eigenvalue weighted by molar-refractivity contribution is 0.177. The first-order valence-electron chi connectivity index (χ1n) is 7.05. The minimum Gasteiger partial charge on any atom is -0.467 e. The topological polar surface area (TPSA) is 50.4 Å². The molecule has 114 valence electrons. The lowest BCUT2D eigenvalue weighted by atomic mass is 10.1. The summed E-state index contributed by atoms with van der Waals surface area (Å²) in [4.78, 5) is 14.2. The summed E-state index contributed by atoms with van der Waals surface area (Å²) in [6, 6.07) is 7.60. The monoisotopic (exact) mass is 289 g/mol. The quantitative estimate of drug-likeness (QED) is 0.940. The van der Waals surface area contributed by atoms with Crippen LogP contribution in [0.25, 0.3) is 0 Å². The van der Waals surface area contributed by atoms with E-state index in [1.54, 1.807) is 11.2 Å². The number of nitrogens with one attached hydrogen (secondary N) is 1. The highest BCUT2D eigenvalue weighted by Crippen LogP contribution is 2.12. The number of hydrogen-bond acceptors (Lipinski definition) is 2. The fourth-order valence-electron chi connectivity index (χ4n) is 2.05. The molecule has 0 radical (unpaired) electrons. The van der Waals surface area contributed by atoms with Crippen LogP contribution in [-0.2, 0) is 20.1 Å². The number of amides is 2. The second-order valence-corrected chi connectivity index (χ2v) is 6.23. The summed E-state index contributed by atoms with van der Waals surface area (Å²) in [5.74, 6) is 0.772. The molecule has 2 amide bonds. The van der Waals surface area contributed by atoms with Crippen molar-refractivity contribution in [1.29, 1.82) is 0 Å². The van der Waals surface area contributed by atoms with Gasteiger partial charge in [0.2, 0.25) is 0 Å². The molecule has 2 aromatic heterocycles. The minimum absolute atomic E-state index is 0.0971. The molecule has 0 aromatic carbocycles. The van der Waals surface area contributed by atoms with Gasteiger partial charge in [-0.3, -0.25) is 0 Å². The van der Waals surface area contributed by atoms with Crippen molar-refractivity contribution in [3.05, 3.63) is 48.2 Å². The van der Waals surface area contributed by atoms with Crippen LogP contribution in [0, 0.1) is 0 Å². The number of furan rings is 1. The van der Waals surface area contributed by atoms with E-state index in [0.717, 1.165) is 11.5 Å². The SMILES string of the molecule is Cn1cccc1CN(Cc1ccco1)C(=O)NC(C)(C)C. The van der Waals surface area contributed by atoms with E-state index in [1.165, 1.54) is 0 Å². The van der Waals surface area contributed by atoms with Crippen molar-refractivity contribution < 1.29 is 9.21 Å². The van der Waals surface area contributed by atoms with E-state index in [1.807, 2.05) is 62.8 Å². The Kier molecular flexibility index (Phi) is 4.40. The zero-order chi connectivity index (χ0) is 15.5. The predicted octanol–water partition coefficient (Wildman–Crippen LogP) is 3.13. The van der Waals surface area contributed by atoms with E-state index in [4.69, 9.17) is 4.42 Å². The van der Waals surface area contributed by atoms with Gasteiger partial charge in [-0.1, -0.05) is 0 Å². The summed E-state index contributed by atoms with van der Waals surface area (Å²) in [5, 5.41) is 3.00. The molecule has 0 saturated heterocycles. The maximum atomic E-state index is 12.5. The van der Waals surface area contributed by atoms with Crippen molar-refractivity contribution in [2.24, 2.45) is 7.05 Å². The van der Waals surface area contributed by atoms with Crippen molar-refractivity contribution in [2.45, 2.75) is 39.4 Å². The van der Waals surface area contributed by atoms with Crippen LogP contribution in [0.15, 0.2) is 41.1 Å². The molecule has 2 aromatic rings. The van der Waals surface area contributed by atoms with Gasteiger partial charge in [-0.05, 0) is 45.0 Å². The van der Waals surface area contributed by atoms with Gasteiger partial charge in [0.05, 0.1) is 19.4 Å². The van der Waals surface area contributed by atoms with Gasteiger partial charge < -0.3 is 19.2 Å². The highest BCUT2D eigenvalue weighted by Gasteiger charge is 2.21. The molecule has 5 nitrogen and oxygen atoms in total. The van der Waals surface area contributed by atoms with Crippen molar-refractivity contribution in [1.82, 2.24) is 14.8 Å². The lowest BCUT2D eigenvalue weighted by Crippen LogP contribution is -2.48. The van der Waals surface area contributed by atoms with Crippen LogP contribution in [0.4, 0.5) is 4.79 Å². The van der Waals surface area contributed by atoms with E-state index < -0.39 is 0 Å². The van der Waals surface area contributed by atoms with Gasteiger partial charge in [0, 0.05) is 24.5 Å². The van der Waals surface area contributed by atoms with E-state index in [9.17, 15) is 4.79 Å². The number of carbonyl (C=O) groups excluding carboxylic acids is 1. The first kappa shape index (κ1) is 15.2. The third-order valence-corrected chi connectivity index (χ3v) is 3.10. The Labute approximate surface area is 125 Å². The van der Waals surface area contributed by atoms with E-state index in [0.29, 0.717) is 13.1 Å². The Hall–Kier alpha value is -2.17. The summed E-state index contributed by atoms with van der Waals surface area (Å²) in [6.07, 6.45) is 3.60. The molecule has 1 N–H and O–H groups in total. The third-order valence-electron chi connectivity index (χ3n) is 3.10. The zero-order valence-corrected chi connectivity index (χ0v) is 13.1. The van der Waals surface area contributed by atoms with Gasteiger partial charge >= 0.3 is 6.03 Å². The molecule has 0 bridgehead atoms. The van der Waals surface area contributed by atoms with Gasteiger partial charge in [-0.2, -0.15) is 0 Å². The number of hydrogen-bond donors (Lipinski definition) is 1. The standard InChI is InChI=1S/C16H23N3O2/c1-16(2,3)17-15(20)19(12-14-8-6-10-21-14)11-13-7-5-9-18(13)4/h5-10H,11-12H2,1-4H3,(H,17,20). The predicted molar refractivity (Wildman–Crippen MR) is 81.7 cm³/mol. The molecule has 0 aliphatic heterocycles. The van der Waals surface area contributed by atoms with Crippen molar-refractivity contribution in [3.63, 3.8) is 0 Å². The van der Waals surface area contributed by atoms with Crippen LogP contribution in [0.5, 0.6) is 0 Å². The van der Waals surface area contributed by atoms with Gasteiger partial charge in [0.25, 0.3) is 0 Å². The normalized spacial score (nSPS) is 11.4. The zero-order valence-electron chi connectivity index (χ0n) is 13.1. The van der Waals surface area contributed by atoms with Crippen LogP contribution in [0.3, 0.4) is 0 Å². The van der Waals surface area contributed by atoms with E-state index in [2.05, 4.69) is 5.32 Å². The fourth-order valence-corrected chi connectivity index (χ4v) is 2.05. The molecule has 0 unspecified atom stereocenters. The number of rotatable bonds is 4. The Balaban J connectivity index is 2.13. The first-order valence-corrected chi connectivity index (χ1v) is 7.05. The van der Waals surface area contributed by atoms with Crippen molar-refractivity contribution in [3.8, 4) is 0 Å². The molecule has 0 aliphatic rings. The van der Waals surface area contributed by atoms with Gasteiger partial charge in [0.1, 0.15) is 5.76 Å². The molecule has 2 heterocycles. The molecule has 0 aliphatic carbocycles. The van der Waals surface area contributed by atoms with Crippen LogP contribution in [0.2, 0.25) is 0 Å². The number of aryl methyl sites for hydroxylation is 1. The Morgan fingerprint density at radius 1 is 1.29 bits per heavy atom. The lowest BCUT2D eigenvalue weighted by Gasteiger charge is -2.28. The highest BCUT2D eigenvalue weighted by molar-refractivity contribution is 5.74. The largest absolute Gasteiger partial charge is 0.467 e. The maximum absolute atomic E-state index is 12.5. The Bertz CT molecular complexity index is 579. The first-order chi connectivity index (χ1) is 9.85. The Morgan fingerprint density at radius 3 is 2.57 bits per heavy atom. The second-order valence-electron chi connectivity index (χ2n) is 6.23. The Morgan fingerprint density at radius 2 is 2.05 bits per heavy atom. The molecule has 21 heavy (non-hydrogen) atoms. The van der Waals surface area contributed by atoms with Crippen molar-refractivity contribution >= 4 is 6.03 Å². The molecule has 0 spiro atoms. The van der Waals surface area contributed by atoms with Crippen LogP contribution in [0.1, 0.15) is 32.2 Å².